The van der Waals surface area contributed by atoms with Crippen LogP contribution in [-0.2, 0) is 0 Å². The van der Waals surface area contributed by atoms with Gasteiger partial charge in [0, 0.05) is 13.1 Å². The van der Waals surface area contributed by atoms with Gasteiger partial charge in [0.25, 0.3) is 0 Å². The maximum absolute atomic E-state index is 5.05. The fourth-order valence-electron chi connectivity index (χ4n) is 1.70. The molecule has 0 aromatic carbocycles. The van der Waals surface area contributed by atoms with E-state index in [0.717, 1.165) is 19.0 Å². The Morgan fingerprint density at radius 1 is 1.18 bits per heavy atom. The first-order valence-electron chi connectivity index (χ1n) is 6.09. The molecule has 6 heteroatoms. The van der Waals surface area contributed by atoms with E-state index in [1.54, 1.807) is 7.11 Å². The molecule has 1 aliphatic rings. The van der Waals surface area contributed by atoms with Crippen LogP contribution < -0.4 is 15.4 Å². The van der Waals surface area contributed by atoms with E-state index in [1.807, 2.05) is 6.92 Å². The van der Waals surface area contributed by atoms with Gasteiger partial charge in [-0.2, -0.15) is 15.0 Å². The first-order chi connectivity index (χ1) is 8.31. The van der Waals surface area contributed by atoms with Gasteiger partial charge in [-0.3, -0.25) is 0 Å². The summed E-state index contributed by atoms with van der Waals surface area (Å²) in [4.78, 5) is 12.6. The van der Waals surface area contributed by atoms with E-state index in [0.29, 0.717) is 17.9 Å². The molecular formula is C11H19N5O. The highest BCUT2D eigenvalue weighted by molar-refractivity contribution is 5.35. The van der Waals surface area contributed by atoms with E-state index in [2.05, 4.69) is 25.6 Å². The van der Waals surface area contributed by atoms with Crippen LogP contribution in [0.1, 0.15) is 26.2 Å². The molecule has 0 saturated heterocycles. The van der Waals surface area contributed by atoms with Crippen molar-refractivity contribution in [2.24, 2.45) is 5.92 Å². The SMILES string of the molecule is CCNc1nc(NCC2CCC2)nc(OC)n1. The zero-order valence-electron chi connectivity index (χ0n) is 10.4. The van der Waals surface area contributed by atoms with E-state index in [9.17, 15) is 0 Å². The third-order valence-corrected chi connectivity index (χ3v) is 2.91. The quantitative estimate of drug-likeness (QED) is 0.781. The molecular weight excluding hydrogens is 218 g/mol. The molecule has 6 nitrogen and oxygen atoms in total. The van der Waals surface area contributed by atoms with Gasteiger partial charge in [-0.05, 0) is 25.7 Å². The molecule has 0 bridgehead atoms. The summed E-state index contributed by atoms with van der Waals surface area (Å²) in [5.74, 6) is 1.90. The molecule has 0 aliphatic heterocycles. The summed E-state index contributed by atoms with van der Waals surface area (Å²) < 4.78 is 5.05. The Bertz CT molecular complexity index is 367. The van der Waals surface area contributed by atoms with Crippen molar-refractivity contribution in [1.29, 1.82) is 0 Å². The Morgan fingerprint density at radius 2 is 1.88 bits per heavy atom. The fraction of sp³-hybridized carbons (Fsp3) is 0.727. The zero-order valence-corrected chi connectivity index (χ0v) is 10.4. The summed E-state index contributed by atoms with van der Waals surface area (Å²) in [5, 5.41) is 6.29. The van der Waals surface area contributed by atoms with E-state index < -0.39 is 0 Å². The standard InChI is InChI=1S/C11H19N5O/c1-3-12-9-14-10(16-11(15-9)17-2)13-7-8-5-4-6-8/h8H,3-7H2,1-2H3,(H2,12,13,14,15,16). The number of aromatic nitrogens is 3. The van der Waals surface area contributed by atoms with Crippen LogP contribution in [0.15, 0.2) is 0 Å². The van der Waals surface area contributed by atoms with Crippen LogP contribution in [-0.4, -0.2) is 35.2 Å². The van der Waals surface area contributed by atoms with Crippen LogP contribution in [0.3, 0.4) is 0 Å². The second-order valence-electron chi connectivity index (χ2n) is 4.18. The van der Waals surface area contributed by atoms with Crippen LogP contribution >= 0.6 is 0 Å². The Balaban J connectivity index is 2.00. The lowest BCUT2D eigenvalue weighted by Crippen LogP contribution is -2.22. The molecule has 1 aromatic heterocycles. The second kappa shape index (κ2) is 5.65. The topological polar surface area (TPSA) is 72.0 Å². The van der Waals surface area contributed by atoms with Gasteiger partial charge in [0.15, 0.2) is 0 Å². The highest BCUT2D eigenvalue weighted by Crippen LogP contribution is 2.26. The van der Waals surface area contributed by atoms with E-state index in [1.165, 1.54) is 19.3 Å². The third-order valence-electron chi connectivity index (χ3n) is 2.91. The highest BCUT2D eigenvalue weighted by Gasteiger charge is 2.17. The third kappa shape index (κ3) is 3.18. The minimum Gasteiger partial charge on any atom is -0.467 e. The average molecular weight is 237 g/mol. The minimum absolute atomic E-state index is 0.340. The van der Waals surface area contributed by atoms with Gasteiger partial charge in [0.2, 0.25) is 11.9 Å². The molecule has 0 radical (unpaired) electrons. The minimum atomic E-state index is 0.340. The van der Waals surface area contributed by atoms with Crippen molar-refractivity contribution in [3.8, 4) is 6.01 Å². The number of hydrogen-bond donors (Lipinski definition) is 2. The van der Waals surface area contributed by atoms with Gasteiger partial charge in [0.05, 0.1) is 7.11 Å². The number of ether oxygens (including phenoxy) is 1. The number of nitrogens with one attached hydrogen (secondary N) is 2. The molecule has 2 N–H and O–H groups in total. The van der Waals surface area contributed by atoms with Crippen LogP contribution in [0.25, 0.3) is 0 Å². The maximum atomic E-state index is 5.05. The van der Waals surface area contributed by atoms with Crippen molar-refractivity contribution in [3.05, 3.63) is 0 Å². The molecule has 1 aliphatic carbocycles. The maximum Gasteiger partial charge on any atom is 0.322 e. The molecule has 1 heterocycles. The van der Waals surface area contributed by atoms with Gasteiger partial charge in [-0.1, -0.05) is 6.42 Å². The molecule has 94 valence electrons. The molecule has 1 aromatic rings. The number of hydrogen-bond acceptors (Lipinski definition) is 6. The predicted octanol–water partition coefficient (Wildman–Crippen LogP) is 1.52. The van der Waals surface area contributed by atoms with Crippen molar-refractivity contribution < 1.29 is 4.74 Å². The van der Waals surface area contributed by atoms with Crippen molar-refractivity contribution in [2.45, 2.75) is 26.2 Å². The van der Waals surface area contributed by atoms with Gasteiger partial charge in [-0.15, -0.1) is 0 Å². The lowest BCUT2D eigenvalue weighted by Gasteiger charge is -2.25. The summed E-state index contributed by atoms with van der Waals surface area (Å²) in [5.41, 5.74) is 0. The van der Waals surface area contributed by atoms with E-state index in [4.69, 9.17) is 4.74 Å². The van der Waals surface area contributed by atoms with Crippen LogP contribution in [0, 0.1) is 5.92 Å². The van der Waals surface area contributed by atoms with Crippen molar-refractivity contribution >= 4 is 11.9 Å². The number of anilines is 2. The number of methoxy groups -OCH3 is 1. The second-order valence-corrected chi connectivity index (χ2v) is 4.18. The predicted molar refractivity (Wildman–Crippen MR) is 66.4 cm³/mol. The van der Waals surface area contributed by atoms with Gasteiger partial charge in [0.1, 0.15) is 0 Å². The summed E-state index contributed by atoms with van der Waals surface area (Å²) in [6.45, 7) is 3.70. The molecule has 0 unspecified atom stereocenters. The number of rotatable bonds is 6. The lowest BCUT2D eigenvalue weighted by molar-refractivity contribution is 0.332. The smallest absolute Gasteiger partial charge is 0.322 e. The molecule has 1 fully saturated rings. The van der Waals surface area contributed by atoms with Crippen LogP contribution in [0.2, 0.25) is 0 Å². The molecule has 0 spiro atoms. The first-order valence-corrected chi connectivity index (χ1v) is 6.09. The van der Waals surface area contributed by atoms with Gasteiger partial charge >= 0.3 is 6.01 Å². The Kier molecular flexibility index (Phi) is 3.95. The molecule has 1 saturated carbocycles. The van der Waals surface area contributed by atoms with E-state index in [-0.39, 0.29) is 0 Å². The molecule has 2 rings (SSSR count). The number of nitrogens with zero attached hydrogens (tertiary/aromatic N) is 3. The first kappa shape index (κ1) is 11.9. The average Bonchev–Trinajstić information content (AvgIpc) is 2.27. The monoisotopic (exact) mass is 237 g/mol. The largest absolute Gasteiger partial charge is 0.467 e. The summed E-state index contributed by atoms with van der Waals surface area (Å²) in [6.07, 6.45) is 3.94. The van der Waals surface area contributed by atoms with Crippen molar-refractivity contribution in [2.75, 3.05) is 30.8 Å². The lowest BCUT2D eigenvalue weighted by atomic mass is 9.85. The summed E-state index contributed by atoms with van der Waals surface area (Å²) in [7, 11) is 1.56. The summed E-state index contributed by atoms with van der Waals surface area (Å²) in [6, 6.07) is 0.340. The fourth-order valence-corrected chi connectivity index (χ4v) is 1.70. The van der Waals surface area contributed by atoms with Crippen LogP contribution in [0.5, 0.6) is 6.01 Å². The van der Waals surface area contributed by atoms with Gasteiger partial charge < -0.3 is 15.4 Å². The highest BCUT2D eigenvalue weighted by atomic mass is 16.5. The molecule has 0 atom stereocenters. The zero-order chi connectivity index (χ0) is 12.1. The van der Waals surface area contributed by atoms with E-state index >= 15 is 0 Å². The molecule has 17 heavy (non-hydrogen) atoms. The summed E-state index contributed by atoms with van der Waals surface area (Å²) >= 11 is 0. The Morgan fingerprint density at radius 3 is 2.41 bits per heavy atom. The van der Waals surface area contributed by atoms with Crippen molar-refractivity contribution in [1.82, 2.24) is 15.0 Å². The van der Waals surface area contributed by atoms with Crippen LogP contribution in [0.4, 0.5) is 11.9 Å². The Labute approximate surface area is 101 Å². The normalized spacial score (nSPS) is 15.2. The Hall–Kier alpha value is -1.59. The van der Waals surface area contributed by atoms with Crippen molar-refractivity contribution in [3.63, 3.8) is 0 Å². The molecule has 0 amide bonds. The van der Waals surface area contributed by atoms with Gasteiger partial charge in [-0.25, -0.2) is 0 Å².